The molecule has 3 aromatic rings. The van der Waals surface area contributed by atoms with Gasteiger partial charge in [0, 0.05) is 17.8 Å². The molecule has 0 radical (unpaired) electrons. The number of nitro benzene ring substituents is 1. The normalized spacial score (nSPS) is 10.5. The molecule has 1 heterocycles. The number of methoxy groups -OCH3 is 1. The molecule has 9 nitrogen and oxygen atoms in total. The van der Waals surface area contributed by atoms with Crippen molar-refractivity contribution >= 4 is 51.2 Å². The number of aryl methyl sites for hydroxylation is 1. The first-order chi connectivity index (χ1) is 14.4. The van der Waals surface area contributed by atoms with Crippen molar-refractivity contribution < 1.29 is 18.8 Å². The zero-order valence-electron chi connectivity index (χ0n) is 15.8. The first-order valence-corrected chi connectivity index (χ1v) is 10.3. The summed E-state index contributed by atoms with van der Waals surface area (Å²) in [7, 11) is 1.32. The topological polar surface area (TPSA) is 119 Å². The smallest absolute Gasteiger partial charge is 0.311 e. The SMILES string of the molecule is COc1cc(NC(=O)CSc2nnc(Nc3ccccc3F)s2)c(C)cc1[N+](=O)[O-]. The molecule has 0 spiro atoms. The third-order valence-electron chi connectivity index (χ3n) is 3.85. The van der Waals surface area contributed by atoms with E-state index in [1.807, 2.05) is 0 Å². The predicted octanol–water partition coefficient (Wildman–Crippen LogP) is 4.38. The first kappa shape index (κ1) is 21.5. The molecule has 0 bridgehead atoms. The van der Waals surface area contributed by atoms with Gasteiger partial charge < -0.3 is 15.4 Å². The highest BCUT2D eigenvalue weighted by atomic mass is 32.2. The van der Waals surface area contributed by atoms with E-state index in [0.717, 1.165) is 0 Å². The molecule has 3 rings (SSSR count). The summed E-state index contributed by atoms with van der Waals surface area (Å²) in [6, 6.07) is 8.95. The van der Waals surface area contributed by atoms with E-state index in [1.54, 1.807) is 25.1 Å². The number of benzene rings is 2. The molecule has 2 aromatic carbocycles. The minimum absolute atomic E-state index is 0.0487. The number of carbonyl (C=O) groups excluding carboxylic acids is 1. The number of anilines is 3. The van der Waals surface area contributed by atoms with Crippen molar-refractivity contribution in [2.45, 2.75) is 11.3 Å². The fourth-order valence-corrected chi connectivity index (χ4v) is 3.99. The highest BCUT2D eigenvalue weighted by Crippen LogP contribution is 2.33. The second-order valence-electron chi connectivity index (χ2n) is 5.91. The number of carbonyl (C=O) groups is 1. The number of amides is 1. The summed E-state index contributed by atoms with van der Waals surface area (Å²) in [6.07, 6.45) is 0. The number of aromatic nitrogens is 2. The number of ether oxygens (including phenoxy) is 1. The average molecular weight is 449 g/mol. The van der Waals surface area contributed by atoms with E-state index < -0.39 is 10.7 Å². The van der Waals surface area contributed by atoms with Crippen LogP contribution in [-0.4, -0.2) is 33.9 Å². The Balaban J connectivity index is 1.60. The van der Waals surface area contributed by atoms with Gasteiger partial charge in [0.25, 0.3) is 0 Å². The average Bonchev–Trinajstić information content (AvgIpc) is 3.16. The number of thioether (sulfide) groups is 1. The number of rotatable bonds is 8. The van der Waals surface area contributed by atoms with Crippen LogP contribution in [0.25, 0.3) is 0 Å². The van der Waals surface area contributed by atoms with Crippen LogP contribution in [0.5, 0.6) is 5.75 Å². The van der Waals surface area contributed by atoms with Gasteiger partial charge in [-0.05, 0) is 24.6 Å². The number of hydrogen-bond acceptors (Lipinski definition) is 9. The maximum absolute atomic E-state index is 13.7. The molecule has 12 heteroatoms. The molecule has 0 atom stereocenters. The van der Waals surface area contributed by atoms with Crippen molar-refractivity contribution in [1.29, 1.82) is 0 Å². The van der Waals surface area contributed by atoms with Crippen LogP contribution >= 0.6 is 23.1 Å². The lowest BCUT2D eigenvalue weighted by atomic mass is 10.1. The van der Waals surface area contributed by atoms with Crippen molar-refractivity contribution in [3.05, 3.63) is 57.9 Å². The number of para-hydroxylation sites is 1. The number of nitro groups is 1. The van der Waals surface area contributed by atoms with Crippen LogP contribution in [0.1, 0.15) is 5.56 Å². The lowest BCUT2D eigenvalue weighted by Crippen LogP contribution is -2.15. The molecule has 0 saturated heterocycles. The number of nitrogens with zero attached hydrogens (tertiary/aromatic N) is 3. The molecule has 1 amide bonds. The highest BCUT2D eigenvalue weighted by molar-refractivity contribution is 8.01. The summed E-state index contributed by atoms with van der Waals surface area (Å²) in [5, 5.41) is 24.9. The summed E-state index contributed by atoms with van der Waals surface area (Å²) in [6.45, 7) is 1.65. The van der Waals surface area contributed by atoms with E-state index in [9.17, 15) is 19.3 Å². The molecule has 156 valence electrons. The minimum atomic E-state index is -0.546. The van der Waals surface area contributed by atoms with Gasteiger partial charge in [-0.1, -0.05) is 35.2 Å². The third-order valence-corrected chi connectivity index (χ3v) is 5.82. The molecule has 0 aliphatic carbocycles. The van der Waals surface area contributed by atoms with Crippen LogP contribution in [0.15, 0.2) is 40.7 Å². The zero-order valence-corrected chi connectivity index (χ0v) is 17.5. The van der Waals surface area contributed by atoms with Crippen molar-refractivity contribution in [1.82, 2.24) is 10.2 Å². The molecule has 2 N–H and O–H groups in total. The van der Waals surface area contributed by atoms with Crippen molar-refractivity contribution in [2.24, 2.45) is 0 Å². The quantitative estimate of drug-likeness (QED) is 0.295. The molecule has 30 heavy (non-hydrogen) atoms. The molecule has 0 unspecified atom stereocenters. The largest absolute Gasteiger partial charge is 0.490 e. The molecule has 0 aliphatic heterocycles. The van der Waals surface area contributed by atoms with Gasteiger partial charge in [0.2, 0.25) is 11.0 Å². The summed E-state index contributed by atoms with van der Waals surface area (Å²) in [5.74, 6) is -0.623. The van der Waals surface area contributed by atoms with Gasteiger partial charge in [0.15, 0.2) is 10.1 Å². The summed E-state index contributed by atoms with van der Waals surface area (Å²) >= 11 is 2.35. The first-order valence-electron chi connectivity index (χ1n) is 8.48. The molecule has 0 fully saturated rings. The van der Waals surface area contributed by atoms with Gasteiger partial charge in [-0.15, -0.1) is 10.2 Å². The second kappa shape index (κ2) is 9.50. The number of halogens is 1. The summed E-state index contributed by atoms with van der Waals surface area (Å²) in [5.41, 5.74) is 1.06. The van der Waals surface area contributed by atoms with Crippen LogP contribution in [-0.2, 0) is 4.79 Å². The lowest BCUT2D eigenvalue weighted by Gasteiger charge is -2.10. The Hall–Kier alpha value is -3.25. The maximum atomic E-state index is 13.7. The van der Waals surface area contributed by atoms with Crippen molar-refractivity contribution in [2.75, 3.05) is 23.5 Å². The highest BCUT2D eigenvalue weighted by Gasteiger charge is 2.18. The van der Waals surface area contributed by atoms with Gasteiger partial charge in [-0.3, -0.25) is 14.9 Å². The minimum Gasteiger partial charge on any atom is -0.490 e. The Kier molecular flexibility index (Phi) is 6.79. The van der Waals surface area contributed by atoms with Crippen LogP contribution in [0.4, 0.5) is 26.6 Å². The Morgan fingerprint density at radius 1 is 1.30 bits per heavy atom. The standard InChI is InChI=1S/C18H16FN5O4S2/c1-10-7-14(24(26)27)15(28-2)8-13(10)20-16(25)9-29-18-23-22-17(30-18)21-12-6-4-3-5-11(12)19/h3-8H,9H2,1-2H3,(H,20,25)(H,21,22). The molecular formula is C18H16FN5O4S2. The molecule has 0 aliphatic rings. The monoisotopic (exact) mass is 449 g/mol. The van der Waals surface area contributed by atoms with Crippen LogP contribution in [0, 0.1) is 22.9 Å². The number of hydrogen-bond donors (Lipinski definition) is 2. The van der Waals surface area contributed by atoms with Crippen molar-refractivity contribution in [3.63, 3.8) is 0 Å². The van der Waals surface area contributed by atoms with E-state index in [0.29, 0.717) is 20.7 Å². The Morgan fingerprint density at radius 2 is 2.07 bits per heavy atom. The third kappa shape index (κ3) is 5.21. The van der Waals surface area contributed by atoms with Gasteiger partial charge in [-0.25, -0.2) is 4.39 Å². The Bertz CT molecular complexity index is 1090. The van der Waals surface area contributed by atoms with E-state index in [1.165, 1.54) is 48.4 Å². The Labute approximate surface area is 178 Å². The fraction of sp³-hybridized carbons (Fsp3) is 0.167. The predicted molar refractivity (Wildman–Crippen MR) is 113 cm³/mol. The zero-order chi connectivity index (χ0) is 21.7. The van der Waals surface area contributed by atoms with Crippen LogP contribution in [0.3, 0.4) is 0 Å². The van der Waals surface area contributed by atoms with Gasteiger partial charge in [0.1, 0.15) is 5.82 Å². The summed E-state index contributed by atoms with van der Waals surface area (Å²) in [4.78, 5) is 22.8. The van der Waals surface area contributed by atoms with Gasteiger partial charge in [0.05, 0.1) is 23.5 Å². The van der Waals surface area contributed by atoms with Crippen LogP contribution < -0.4 is 15.4 Å². The van der Waals surface area contributed by atoms with E-state index in [2.05, 4.69) is 20.8 Å². The second-order valence-corrected chi connectivity index (χ2v) is 8.11. The molecular weight excluding hydrogens is 433 g/mol. The van der Waals surface area contributed by atoms with Gasteiger partial charge in [-0.2, -0.15) is 0 Å². The lowest BCUT2D eigenvalue weighted by molar-refractivity contribution is -0.385. The number of nitrogens with one attached hydrogen (secondary N) is 2. The van der Waals surface area contributed by atoms with Crippen molar-refractivity contribution in [3.8, 4) is 5.75 Å². The van der Waals surface area contributed by atoms with Gasteiger partial charge >= 0.3 is 5.69 Å². The summed E-state index contributed by atoms with van der Waals surface area (Å²) < 4.78 is 19.2. The van der Waals surface area contributed by atoms with E-state index in [4.69, 9.17) is 4.74 Å². The molecule has 0 saturated carbocycles. The maximum Gasteiger partial charge on any atom is 0.311 e. The van der Waals surface area contributed by atoms with Crippen LogP contribution in [0.2, 0.25) is 0 Å². The molecule has 1 aromatic heterocycles. The van der Waals surface area contributed by atoms with E-state index in [-0.39, 0.29) is 28.8 Å². The fourth-order valence-electron chi connectivity index (χ4n) is 2.42. The Morgan fingerprint density at radius 3 is 2.77 bits per heavy atom. The van der Waals surface area contributed by atoms with E-state index >= 15 is 0 Å².